The van der Waals surface area contributed by atoms with Crippen LogP contribution in [-0.4, -0.2) is 12.6 Å². The molecule has 1 unspecified atom stereocenters. The lowest BCUT2D eigenvalue weighted by atomic mass is 9.96. The molecular weight excluding hydrogens is 158 g/mol. The minimum Gasteiger partial charge on any atom is -0.311 e. The summed E-state index contributed by atoms with van der Waals surface area (Å²) in [5.41, 5.74) is 0.315. The highest BCUT2D eigenvalue weighted by Crippen LogP contribution is 2.13. The van der Waals surface area contributed by atoms with Crippen molar-refractivity contribution in [1.29, 1.82) is 0 Å². The van der Waals surface area contributed by atoms with Gasteiger partial charge in [0.15, 0.2) is 0 Å². The Bertz CT molecular complexity index is 142. The fraction of sp³-hybridized carbons (Fsp3) is 0.833. The Balaban J connectivity index is 3.50. The SMILES string of the molecule is CCCC(C)NC/C=C\C(C)(C)C. The molecule has 0 aliphatic carbocycles. The first-order valence-electron chi connectivity index (χ1n) is 5.37. The molecule has 1 N–H and O–H groups in total. The van der Waals surface area contributed by atoms with Crippen LogP contribution in [0, 0.1) is 5.41 Å². The van der Waals surface area contributed by atoms with Gasteiger partial charge in [0.05, 0.1) is 0 Å². The fourth-order valence-electron chi connectivity index (χ4n) is 1.22. The second kappa shape index (κ2) is 6.20. The summed E-state index contributed by atoms with van der Waals surface area (Å²) in [7, 11) is 0. The van der Waals surface area contributed by atoms with Gasteiger partial charge in [-0.05, 0) is 18.8 Å². The number of rotatable bonds is 5. The molecule has 1 heteroatoms. The quantitative estimate of drug-likeness (QED) is 0.644. The van der Waals surface area contributed by atoms with Crippen LogP contribution >= 0.6 is 0 Å². The molecule has 0 aromatic heterocycles. The van der Waals surface area contributed by atoms with Crippen LogP contribution in [0.4, 0.5) is 0 Å². The molecule has 0 aliphatic heterocycles. The summed E-state index contributed by atoms with van der Waals surface area (Å²) in [6, 6.07) is 0.648. The predicted molar refractivity (Wildman–Crippen MR) is 61.0 cm³/mol. The van der Waals surface area contributed by atoms with Crippen molar-refractivity contribution in [3.05, 3.63) is 12.2 Å². The van der Waals surface area contributed by atoms with Gasteiger partial charge in [-0.25, -0.2) is 0 Å². The molecule has 0 saturated carbocycles. The molecule has 0 aromatic rings. The van der Waals surface area contributed by atoms with Crippen molar-refractivity contribution < 1.29 is 0 Å². The van der Waals surface area contributed by atoms with E-state index in [4.69, 9.17) is 0 Å². The predicted octanol–water partition coefficient (Wildman–Crippen LogP) is 3.37. The molecule has 1 atom stereocenters. The van der Waals surface area contributed by atoms with E-state index in [1.165, 1.54) is 12.8 Å². The van der Waals surface area contributed by atoms with E-state index in [0.717, 1.165) is 6.54 Å². The van der Waals surface area contributed by atoms with Crippen molar-refractivity contribution in [1.82, 2.24) is 5.32 Å². The number of nitrogens with one attached hydrogen (secondary N) is 1. The molecule has 0 fully saturated rings. The highest BCUT2D eigenvalue weighted by molar-refractivity contribution is 4.93. The van der Waals surface area contributed by atoms with Crippen LogP contribution in [-0.2, 0) is 0 Å². The number of hydrogen-bond acceptors (Lipinski definition) is 1. The molecule has 1 nitrogen and oxygen atoms in total. The van der Waals surface area contributed by atoms with Gasteiger partial charge in [-0.3, -0.25) is 0 Å². The van der Waals surface area contributed by atoms with E-state index < -0.39 is 0 Å². The Morgan fingerprint density at radius 2 is 1.92 bits per heavy atom. The number of hydrogen-bond donors (Lipinski definition) is 1. The zero-order chi connectivity index (χ0) is 10.3. The topological polar surface area (TPSA) is 12.0 Å². The molecule has 0 heterocycles. The lowest BCUT2D eigenvalue weighted by Crippen LogP contribution is -2.25. The van der Waals surface area contributed by atoms with E-state index in [9.17, 15) is 0 Å². The van der Waals surface area contributed by atoms with Crippen LogP contribution in [0.5, 0.6) is 0 Å². The van der Waals surface area contributed by atoms with Crippen molar-refractivity contribution in [2.45, 2.75) is 53.5 Å². The van der Waals surface area contributed by atoms with Crippen LogP contribution in [0.3, 0.4) is 0 Å². The van der Waals surface area contributed by atoms with Crippen LogP contribution in [0.2, 0.25) is 0 Å². The molecule has 13 heavy (non-hydrogen) atoms. The van der Waals surface area contributed by atoms with Gasteiger partial charge in [-0.1, -0.05) is 46.3 Å². The van der Waals surface area contributed by atoms with Crippen LogP contribution in [0.25, 0.3) is 0 Å². The fourth-order valence-corrected chi connectivity index (χ4v) is 1.22. The first kappa shape index (κ1) is 12.7. The van der Waals surface area contributed by atoms with E-state index in [1.54, 1.807) is 0 Å². The third-order valence-electron chi connectivity index (χ3n) is 1.92. The molecule has 0 saturated heterocycles. The summed E-state index contributed by atoms with van der Waals surface area (Å²) >= 11 is 0. The summed E-state index contributed by atoms with van der Waals surface area (Å²) < 4.78 is 0. The summed E-state index contributed by atoms with van der Waals surface area (Å²) in [6.07, 6.45) is 7.02. The maximum atomic E-state index is 3.47. The Morgan fingerprint density at radius 1 is 1.31 bits per heavy atom. The molecule has 0 bridgehead atoms. The normalized spacial score (nSPS) is 15.2. The average Bonchev–Trinajstić information content (AvgIpc) is 1.97. The summed E-state index contributed by atoms with van der Waals surface area (Å²) in [6.45, 7) is 12.1. The van der Waals surface area contributed by atoms with Gasteiger partial charge >= 0.3 is 0 Å². The van der Waals surface area contributed by atoms with Crippen LogP contribution in [0.15, 0.2) is 12.2 Å². The van der Waals surface area contributed by atoms with E-state index >= 15 is 0 Å². The van der Waals surface area contributed by atoms with E-state index in [-0.39, 0.29) is 0 Å². The molecule has 0 aliphatic rings. The van der Waals surface area contributed by atoms with Gasteiger partial charge in [0.25, 0.3) is 0 Å². The third kappa shape index (κ3) is 9.62. The average molecular weight is 183 g/mol. The van der Waals surface area contributed by atoms with Crippen molar-refractivity contribution >= 4 is 0 Å². The first-order chi connectivity index (χ1) is 5.95. The van der Waals surface area contributed by atoms with Gasteiger partial charge in [0.2, 0.25) is 0 Å². The van der Waals surface area contributed by atoms with Gasteiger partial charge in [-0.2, -0.15) is 0 Å². The maximum Gasteiger partial charge on any atom is 0.0137 e. The summed E-state index contributed by atoms with van der Waals surface area (Å²) in [5, 5.41) is 3.47. The van der Waals surface area contributed by atoms with Gasteiger partial charge in [0, 0.05) is 12.6 Å². The minimum absolute atomic E-state index is 0.315. The van der Waals surface area contributed by atoms with E-state index in [0.29, 0.717) is 11.5 Å². The molecule has 0 aromatic carbocycles. The van der Waals surface area contributed by atoms with Gasteiger partial charge in [0.1, 0.15) is 0 Å². The molecule has 0 amide bonds. The molecule has 0 spiro atoms. The van der Waals surface area contributed by atoms with E-state index in [2.05, 4.69) is 52.1 Å². The monoisotopic (exact) mass is 183 g/mol. The largest absolute Gasteiger partial charge is 0.311 e. The zero-order valence-electron chi connectivity index (χ0n) is 9.85. The van der Waals surface area contributed by atoms with Crippen molar-refractivity contribution in [3.63, 3.8) is 0 Å². The Morgan fingerprint density at radius 3 is 2.38 bits per heavy atom. The lowest BCUT2D eigenvalue weighted by molar-refractivity contribution is 0.523. The van der Waals surface area contributed by atoms with Crippen LogP contribution in [0.1, 0.15) is 47.5 Å². The Hall–Kier alpha value is -0.300. The number of allylic oxidation sites excluding steroid dienone is 1. The first-order valence-corrected chi connectivity index (χ1v) is 5.37. The second-order valence-corrected chi connectivity index (χ2v) is 4.87. The molecule has 0 radical (unpaired) electrons. The lowest BCUT2D eigenvalue weighted by Gasteiger charge is -2.13. The maximum absolute atomic E-state index is 3.47. The summed E-state index contributed by atoms with van der Waals surface area (Å²) in [4.78, 5) is 0. The van der Waals surface area contributed by atoms with Crippen LogP contribution < -0.4 is 5.32 Å². The molecule has 78 valence electrons. The van der Waals surface area contributed by atoms with Crippen molar-refractivity contribution in [3.8, 4) is 0 Å². The smallest absolute Gasteiger partial charge is 0.0137 e. The molecular formula is C12H25N. The second-order valence-electron chi connectivity index (χ2n) is 4.87. The standard InChI is InChI=1S/C12H25N/c1-6-8-11(2)13-10-7-9-12(3,4)5/h7,9,11,13H,6,8,10H2,1-5H3/b9-7-. The molecule has 0 rings (SSSR count). The Kier molecular flexibility index (Phi) is 6.06. The van der Waals surface area contributed by atoms with Crippen molar-refractivity contribution in [2.24, 2.45) is 5.41 Å². The van der Waals surface area contributed by atoms with E-state index in [1.807, 2.05) is 0 Å². The zero-order valence-corrected chi connectivity index (χ0v) is 9.85. The highest BCUT2D eigenvalue weighted by Gasteiger charge is 2.03. The van der Waals surface area contributed by atoms with Crippen molar-refractivity contribution in [2.75, 3.05) is 6.54 Å². The van der Waals surface area contributed by atoms with Gasteiger partial charge in [-0.15, -0.1) is 0 Å². The summed E-state index contributed by atoms with van der Waals surface area (Å²) in [5.74, 6) is 0. The highest BCUT2D eigenvalue weighted by atomic mass is 14.9. The Labute approximate surface area is 83.6 Å². The third-order valence-corrected chi connectivity index (χ3v) is 1.92. The van der Waals surface area contributed by atoms with Gasteiger partial charge < -0.3 is 5.32 Å². The minimum atomic E-state index is 0.315.